The molecular weight excluding hydrogens is 735 g/mol. The van der Waals surface area contributed by atoms with Crippen LogP contribution in [0.2, 0.25) is 0 Å². The molecule has 0 spiro atoms. The first kappa shape index (κ1) is 53.9. The van der Waals surface area contributed by atoms with Gasteiger partial charge in [-0.25, -0.2) is 4.57 Å². The molecule has 0 fully saturated rings. The monoisotopic (exact) mass is 815 g/mol. The highest BCUT2D eigenvalue weighted by Crippen LogP contribution is 2.43. The average molecular weight is 815 g/mol. The van der Waals surface area contributed by atoms with Gasteiger partial charge in [0.15, 0.2) is 6.10 Å². The van der Waals surface area contributed by atoms with E-state index in [1.54, 1.807) is 0 Å². The lowest BCUT2D eigenvalue weighted by molar-refractivity contribution is -0.161. The Kier molecular flexibility index (Phi) is 37.0. The van der Waals surface area contributed by atoms with Crippen molar-refractivity contribution in [2.24, 2.45) is 5.92 Å². The molecule has 0 heterocycles. The summed E-state index contributed by atoms with van der Waals surface area (Å²) in [5, 5.41) is 28.1. The van der Waals surface area contributed by atoms with Crippen molar-refractivity contribution >= 4 is 19.8 Å². The summed E-state index contributed by atoms with van der Waals surface area (Å²) < 4.78 is 32.6. The quantitative estimate of drug-likeness (QED) is 0.0202. The van der Waals surface area contributed by atoms with Crippen LogP contribution in [0.25, 0.3) is 0 Å². The highest BCUT2D eigenvalue weighted by molar-refractivity contribution is 7.47. The normalized spacial score (nSPS) is 15.0. The third-order valence-electron chi connectivity index (χ3n) is 8.98. The summed E-state index contributed by atoms with van der Waals surface area (Å²) in [6, 6.07) is 0. The van der Waals surface area contributed by atoms with Crippen molar-refractivity contribution in [3.05, 3.63) is 48.6 Å². The van der Waals surface area contributed by atoms with E-state index >= 15 is 0 Å². The molecule has 0 radical (unpaired) electrons. The van der Waals surface area contributed by atoms with Crippen molar-refractivity contribution in [1.82, 2.24) is 0 Å². The number of phosphoric ester groups is 1. The summed E-state index contributed by atoms with van der Waals surface area (Å²) in [4.78, 5) is 34.9. The average Bonchev–Trinajstić information content (AvgIpc) is 3.17. The molecule has 0 aromatic rings. The molecule has 0 rings (SSSR count). The summed E-state index contributed by atoms with van der Waals surface area (Å²) in [5.74, 6) is -0.210. The van der Waals surface area contributed by atoms with Crippen LogP contribution in [0.1, 0.15) is 168 Å². The molecule has 0 aliphatic rings. The summed E-state index contributed by atoms with van der Waals surface area (Å²) >= 11 is 0. The van der Waals surface area contributed by atoms with Gasteiger partial charge >= 0.3 is 19.8 Å². The fourth-order valence-corrected chi connectivity index (χ4v) is 6.39. The van der Waals surface area contributed by atoms with Gasteiger partial charge in [-0.1, -0.05) is 159 Å². The molecule has 56 heavy (non-hydrogen) atoms. The Labute approximate surface area is 339 Å². The third kappa shape index (κ3) is 38.7. The summed E-state index contributed by atoms with van der Waals surface area (Å²) in [5.41, 5.74) is 0. The Balaban J connectivity index is 4.43. The molecule has 0 aliphatic carbocycles. The van der Waals surface area contributed by atoms with Crippen LogP contribution in [0, 0.1) is 5.92 Å². The second kappa shape index (κ2) is 38.4. The number of allylic oxidation sites excluding steroid dienone is 7. The van der Waals surface area contributed by atoms with Crippen LogP contribution in [0.3, 0.4) is 0 Å². The molecule has 0 aromatic carbocycles. The van der Waals surface area contributed by atoms with Crippen LogP contribution in [0.5, 0.6) is 0 Å². The van der Waals surface area contributed by atoms with Gasteiger partial charge < -0.3 is 29.7 Å². The van der Waals surface area contributed by atoms with E-state index in [1.165, 1.54) is 57.8 Å². The third-order valence-corrected chi connectivity index (χ3v) is 9.94. The van der Waals surface area contributed by atoms with Crippen LogP contribution in [-0.4, -0.2) is 76.9 Å². The van der Waals surface area contributed by atoms with E-state index in [0.29, 0.717) is 19.3 Å². The molecule has 0 saturated heterocycles. The fraction of sp³-hybridized carbons (Fsp3) is 0.773. The zero-order chi connectivity index (χ0) is 41.5. The van der Waals surface area contributed by atoms with E-state index in [1.807, 2.05) is 24.3 Å². The fourth-order valence-electron chi connectivity index (χ4n) is 5.60. The van der Waals surface area contributed by atoms with Crippen molar-refractivity contribution in [2.75, 3.05) is 26.4 Å². The van der Waals surface area contributed by atoms with E-state index in [9.17, 15) is 29.3 Å². The molecule has 1 unspecified atom stereocenters. The van der Waals surface area contributed by atoms with Crippen LogP contribution >= 0.6 is 7.82 Å². The van der Waals surface area contributed by atoms with Gasteiger partial charge in [0, 0.05) is 12.8 Å². The van der Waals surface area contributed by atoms with Crippen LogP contribution in [0.4, 0.5) is 0 Å². The Hall–Kier alpha value is -2.11. The highest BCUT2D eigenvalue weighted by atomic mass is 31.2. The highest BCUT2D eigenvalue weighted by Gasteiger charge is 2.27. The first-order chi connectivity index (χ1) is 27.0. The summed E-state index contributed by atoms with van der Waals surface area (Å²) in [6.45, 7) is 4.47. The Morgan fingerprint density at radius 2 is 1.14 bits per heavy atom. The first-order valence-electron chi connectivity index (χ1n) is 21.5. The molecule has 4 atom stereocenters. The van der Waals surface area contributed by atoms with Gasteiger partial charge in [0.1, 0.15) is 12.7 Å². The van der Waals surface area contributed by atoms with E-state index in [0.717, 1.165) is 63.7 Å². The lowest BCUT2D eigenvalue weighted by atomic mass is 10.0. The number of phosphoric acid groups is 1. The summed E-state index contributed by atoms with van der Waals surface area (Å²) in [7, 11) is -4.64. The minimum absolute atomic E-state index is 0.0912. The second-order valence-corrected chi connectivity index (χ2v) is 16.5. The number of unbranched alkanes of at least 4 members (excludes halogenated alkanes) is 13. The van der Waals surface area contributed by atoms with Gasteiger partial charge in [-0.15, -0.1) is 0 Å². The Bertz CT molecular complexity index is 1100. The maximum Gasteiger partial charge on any atom is 0.472 e. The molecule has 12 heteroatoms. The maximum absolute atomic E-state index is 12.6. The zero-order valence-electron chi connectivity index (χ0n) is 35.1. The maximum atomic E-state index is 12.6. The molecule has 0 saturated carbocycles. The number of carbonyl (C=O) groups excluding carboxylic acids is 2. The number of aliphatic hydroxyl groups excluding tert-OH is 3. The van der Waals surface area contributed by atoms with Crippen molar-refractivity contribution in [3.8, 4) is 0 Å². The Morgan fingerprint density at radius 3 is 1.71 bits per heavy atom. The standard InChI is InChI=1S/C44H79O11P/c1-4-5-31-40(46)32-27-23-19-15-11-7-9-13-17-21-25-29-34-44(49)55-42(38-54-56(50,51)53-36-41(47)35-45)37-52-43(48)33-28-24-20-16-12-8-6-10-14-18-22-26-30-39(2)3/h7,9,15,17,19,21,27,32,39-42,45-47H,4-6,8,10-14,16,18,20,22-26,28-31,33-38H2,1-3H3,(H,50,51)/b9-7-,19-15-,21-17-,32-27-/t40-,41+,42-/m1/s1. The topological polar surface area (TPSA) is 169 Å². The molecule has 0 bridgehead atoms. The van der Waals surface area contributed by atoms with Gasteiger partial charge in [-0.2, -0.15) is 0 Å². The molecule has 0 aliphatic heterocycles. The number of ether oxygens (including phenoxy) is 2. The largest absolute Gasteiger partial charge is 0.472 e. The minimum atomic E-state index is -4.64. The van der Waals surface area contributed by atoms with E-state index in [-0.39, 0.29) is 25.6 Å². The van der Waals surface area contributed by atoms with Crippen molar-refractivity contribution in [3.63, 3.8) is 0 Å². The zero-order valence-corrected chi connectivity index (χ0v) is 36.0. The van der Waals surface area contributed by atoms with Crippen LogP contribution in [-0.2, 0) is 32.7 Å². The lowest BCUT2D eigenvalue weighted by Gasteiger charge is -2.20. The van der Waals surface area contributed by atoms with Crippen LogP contribution in [0.15, 0.2) is 48.6 Å². The van der Waals surface area contributed by atoms with E-state index in [4.69, 9.17) is 19.1 Å². The Morgan fingerprint density at radius 1 is 0.625 bits per heavy atom. The first-order valence-corrected chi connectivity index (χ1v) is 23.0. The van der Waals surface area contributed by atoms with Gasteiger partial charge in [0.05, 0.1) is 25.9 Å². The smallest absolute Gasteiger partial charge is 0.462 e. The molecule has 0 aromatic heterocycles. The molecule has 326 valence electrons. The number of hydrogen-bond donors (Lipinski definition) is 4. The van der Waals surface area contributed by atoms with Gasteiger partial charge in [-0.05, 0) is 50.9 Å². The van der Waals surface area contributed by atoms with Gasteiger partial charge in [-0.3, -0.25) is 18.6 Å². The predicted octanol–water partition coefficient (Wildman–Crippen LogP) is 10.2. The number of hydrogen-bond acceptors (Lipinski definition) is 10. The van der Waals surface area contributed by atoms with Gasteiger partial charge in [0.25, 0.3) is 0 Å². The van der Waals surface area contributed by atoms with E-state index in [2.05, 4.69) is 49.6 Å². The number of carbonyl (C=O) groups is 2. The molecular formula is C44H79O11P. The molecule has 4 N–H and O–H groups in total. The van der Waals surface area contributed by atoms with Crippen molar-refractivity contribution in [1.29, 1.82) is 0 Å². The lowest BCUT2D eigenvalue weighted by Crippen LogP contribution is -2.29. The predicted molar refractivity (Wildman–Crippen MR) is 225 cm³/mol. The van der Waals surface area contributed by atoms with Crippen LogP contribution < -0.4 is 0 Å². The molecule has 0 amide bonds. The number of rotatable bonds is 39. The van der Waals surface area contributed by atoms with Crippen molar-refractivity contribution < 1.29 is 52.9 Å². The second-order valence-electron chi connectivity index (χ2n) is 15.0. The minimum Gasteiger partial charge on any atom is -0.462 e. The molecule has 11 nitrogen and oxygen atoms in total. The number of aliphatic hydroxyl groups is 3. The van der Waals surface area contributed by atoms with E-state index < -0.39 is 51.8 Å². The number of esters is 2. The van der Waals surface area contributed by atoms with Gasteiger partial charge in [0.2, 0.25) is 0 Å². The SMILES string of the molecule is CCCC[C@@H](O)/C=C\C/C=C\C/C=C\C/C=C\CCCC(=O)O[C@H](COC(=O)CCCCCCCCCCCCCCC(C)C)COP(=O)(O)OC[C@@H](O)CO. The van der Waals surface area contributed by atoms with Crippen molar-refractivity contribution in [2.45, 2.75) is 187 Å². The summed E-state index contributed by atoms with van der Waals surface area (Å²) in [6.07, 6.45) is 35.7.